The average Bonchev–Trinajstić information content (AvgIpc) is 2.54. The molecule has 5 heteroatoms. The predicted octanol–water partition coefficient (Wildman–Crippen LogP) is 2.13. The van der Waals surface area contributed by atoms with Gasteiger partial charge in [-0.2, -0.15) is 5.26 Å². The Morgan fingerprint density at radius 1 is 1.41 bits per heavy atom. The summed E-state index contributed by atoms with van der Waals surface area (Å²) in [6.07, 6.45) is 4.18. The van der Waals surface area contributed by atoms with Gasteiger partial charge in [-0.25, -0.2) is 4.39 Å². The number of hydrogen-bond acceptors (Lipinski definition) is 3. The van der Waals surface area contributed by atoms with Crippen molar-refractivity contribution < 1.29 is 13.9 Å². The van der Waals surface area contributed by atoms with Crippen LogP contribution < -0.4 is 5.32 Å². The fourth-order valence-corrected chi connectivity index (χ4v) is 2.65. The van der Waals surface area contributed by atoms with E-state index in [1.165, 1.54) is 25.4 Å². The van der Waals surface area contributed by atoms with Gasteiger partial charge in [0, 0.05) is 30.0 Å². The third-order valence-electron chi connectivity index (χ3n) is 3.66. The standard InChI is InChI=1S/C17H12FN2O2/c1-22-14-6-5-11-9-20-13(8-19)15(16(11)17(14)21)10-3-2-4-12(18)7-10/h2-7,9,13-14H,1H3. The van der Waals surface area contributed by atoms with E-state index in [9.17, 15) is 14.4 Å². The van der Waals surface area contributed by atoms with E-state index in [1.807, 2.05) is 6.07 Å². The molecule has 1 heterocycles. The molecule has 1 aromatic rings. The van der Waals surface area contributed by atoms with Crippen LogP contribution in [0.15, 0.2) is 53.8 Å². The molecule has 4 nitrogen and oxygen atoms in total. The summed E-state index contributed by atoms with van der Waals surface area (Å²) >= 11 is 0. The number of fused-ring (bicyclic) bond motifs is 1. The van der Waals surface area contributed by atoms with Gasteiger partial charge in [-0.1, -0.05) is 18.2 Å². The third-order valence-corrected chi connectivity index (χ3v) is 3.66. The number of Topliss-reactive ketones (excluding diaryl/α,β-unsaturated/α-hetero) is 1. The van der Waals surface area contributed by atoms with Crippen LogP contribution in [0.3, 0.4) is 0 Å². The number of halogens is 1. The molecule has 0 N–H and O–H groups in total. The molecule has 1 radical (unpaired) electrons. The number of allylic oxidation sites excluding steroid dienone is 2. The van der Waals surface area contributed by atoms with Crippen molar-refractivity contribution in [2.75, 3.05) is 7.11 Å². The highest BCUT2D eigenvalue weighted by molar-refractivity contribution is 6.13. The third kappa shape index (κ3) is 2.24. The summed E-state index contributed by atoms with van der Waals surface area (Å²) in [7, 11) is 1.44. The maximum Gasteiger partial charge on any atom is 0.196 e. The van der Waals surface area contributed by atoms with Gasteiger partial charge in [0.2, 0.25) is 0 Å². The molecule has 1 aliphatic carbocycles. The van der Waals surface area contributed by atoms with Gasteiger partial charge in [-0.3, -0.25) is 10.1 Å². The number of hydrogen-bond donors (Lipinski definition) is 0. The van der Waals surface area contributed by atoms with Crippen molar-refractivity contribution in [3.05, 3.63) is 65.1 Å². The number of carbonyl (C=O) groups excluding carboxylic acids is 1. The Labute approximate surface area is 127 Å². The summed E-state index contributed by atoms with van der Waals surface area (Å²) in [4.78, 5) is 12.6. The number of ether oxygens (including phenoxy) is 1. The molecule has 0 bridgehead atoms. The topological polar surface area (TPSA) is 64.2 Å². The number of ketones is 1. The molecule has 109 valence electrons. The van der Waals surface area contributed by atoms with Crippen LogP contribution in [-0.4, -0.2) is 25.0 Å². The van der Waals surface area contributed by atoms with Crippen LogP contribution in [-0.2, 0) is 9.53 Å². The van der Waals surface area contributed by atoms with Crippen LogP contribution >= 0.6 is 0 Å². The molecule has 1 aliphatic heterocycles. The second kappa shape index (κ2) is 5.58. The summed E-state index contributed by atoms with van der Waals surface area (Å²) in [5, 5.41) is 13.5. The molecule has 2 unspecified atom stereocenters. The lowest BCUT2D eigenvalue weighted by atomic mass is 9.81. The Hall–Kier alpha value is -2.71. The van der Waals surface area contributed by atoms with Gasteiger partial charge < -0.3 is 4.74 Å². The van der Waals surface area contributed by atoms with Crippen molar-refractivity contribution in [3.8, 4) is 6.07 Å². The first kappa shape index (κ1) is 14.2. The number of methoxy groups -OCH3 is 1. The molecular weight excluding hydrogens is 283 g/mol. The molecule has 0 aromatic heterocycles. The summed E-state index contributed by atoms with van der Waals surface area (Å²) < 4.78 is 18.7. The molecule has 0 amide bonds. The lowest BCUT2D eigenvalue weighted by molar-refractivity contribution is -0.122. The number of nitriles is 1. The van der Waals surface area contributed by atoms with Crippen molar-refractivity contribution in [3.63, 3.8) is 0 Å². The molecule has 2 atom stereocenters. The van der Waals surface area contributed by atoms with E-state index < -0.39 is 18.0 Å². The van der Waals surface area contributed by atoms with E-state index >= 15 is 0 Å². The van der Waals surface area contributed by atoms with Crippen LogP contribution in [0.4, 0.5) is 4.39 Å². The molecule has 22 heavy (non-hydrogen) atoms. The summed E-state index contributed by atoms with van der Waals surface area (Å²) in [5.41, 5.74) is 1.90. The quantitative estimate of drug-likeness (QED) is 0.839. The summed E-state index contributed by atoms with van der Waals surface area (Å²) in [6.45, 7) is 0. The second-order valence-electron chi connectivity index (χ2n) is 4.94. The number of benzene rings is 1. The van der Waals surface area contributed by atoms with Crippen LogP contribution in [0.25, 0.3) is 5.57 Å². The van der Waals surface area contributed by atoms with Crippen molar-refractivity contribution in [1.82, 2.24) is 5.32 Å². The lowest BCUT2D eigenvalue weighted by Gasteiger charge is -2.27. The molecule has 2 aliphatic rings. The van der Waals surface area contributed by atoms with Gasteiger partial charge in [0.25, 0.3) is 0 Å². The molecule has 0 fully saturated rings. The Morgan fingerprint density at radius 2 is 2.23 bits per heavy atom. The first-order chi connectivity index (χ1) is 10.7. The molecule has 0 saturated heterocycles. The van der Waals surface area contributed by atoms with E-state index in [1.54, 1.807) is 24.3 Å². The zero-order valence-corrected chi connectivity index (χ0v) is 11.8. The van der Waals surface area contributed by atoms with Gasteiger partial charge in [-0.05, 0) is 23.8 Å². The van der Waals surface area contributed by atoms with E-state index in [2.05, 4.69) is 5.32 Å². The SMILES string of the molecule is COC1C=CC2=C[N]C(C#N)C(c3cccc(F)c3)=C2C1=O. The van der Waals surface area contributed by atoms with Gasteiger partial charge in [-0.15, -0.1) is 0 Å². The zero-order chi connectivity index (χ0) is 15.7. The highest BCUT2D eigenvalue weighted by Gasteiger charge is 2.34. The number of carbonyl (C=O) groups is 1. The first-order valence-corrected chi connectivity index (χ1v) is 6.71. The second-order valence-corrected chi connectivity index (χ2v) is 4.94. The molecular formula is C17H12FN2O2. The minimum absolute atomic E-state index is 0.245. The van der Waals surface area contributed by atoms with Crippen LogP contribution in [0.5, 0.6) is 0 Å². The zero-order valence-electron chi connectivity index (χ0n) is 11.8. The Balaban J connectivity index is 2.24. The number of rotatable bonds is 2. The summed E-state index contributed by atoms with van der Waals surface area (Å²) in [5.74, 6) is -0.675. The van der Waals surface area contributed by atoms with Crippen LogP contribution in [0, 0.1) is 17.1 Å². The highest BCUT2D eigenvalue weighted by Crippen LogP contribution is 2.35. The van der Waals surface area contributed by atoms with E-state index in [0.29, 0.717) is 22.3 Å². The van der Waals surface area contributed by atoms with Gasteiger partial charge >= 0.3 is 0 Å². The molecule has 3 rings (SSSR count). The van der Waals surface area contributed by atoms with Gasteiger partial charge in [0.05, 0.1) is 6.07 Å². The Kier molecular flexibility index (Phi) is 3.61. The normalized spacial score (nSPS) is 23.5. The monoisotopic (exact) mass is 295 g/mol. The lowest BCUT2D eigenvalue weighted by Crippen LogP contribution is -2.33. The largest absolute Gasteiger partial charge is 0.369 e. The maximum atomic E-state index is 13.5. The van der Waals surface area contributed by atoms with Crippen molar-refractivity contribution in [2.24, 2.45) is 0 Å². The fourth-order valence-electron chi connectivity index (χ4n) is 2.65. The minimum atomic E-state index is -0.839. The van der Waals surface area contributed by atoms with Gasteiger partial charge in [0.1, 0.15) is 11.9 Å². The highest BCUT2D eigenvalue weighted by atomic mass is 19.1. The van der Waals surface area contributed by atoms with E-state index in [-0.39, 0.29) is 5.78 Å². The maximum absolute atomic E-state index is 13.5. The Morgan fingerprint density at radius 3 is 2.91 bits per heavy atom. The summed E-state index contributed by atoms with van der Waals surface area (Å²) in [6, 6.07) is 7.04. The van der Waals surface area contributed by atoms with Crippen LogP contribution in [0.1, 0.15) is 5.56 Å². The first-order valence-electron chi connectivity index (χ1n) is 6.71. The molecule has 1 aromatic carbocycles. The van der Waals surface area contributed by atoms with E-state index in [4.69, 9.17) is 4.74 Å². The van der Waals surface area contributed by atoms with E-state index in [0.717, 1.165) is 0 Å². The molecule has 0 saturated carbocycles. The molecule has 0 spiro atoms. The van der Waals surface area contributed by atoms with Crippen molar-refractivity contribution in [1.29, 1.82) is 5.26 Å². The van der Waals surface area contributed by atoms with Crippen molar-refractivity contribution >= 4 is 11.4 Å². The predicted molar refractivity (Wildman–Crippen MR) is 77.9 cm³/mol. The average molecular weight is 295 g/mol. The fraction of sp³-hybridized carbons (Fsp3) is 0.176. The van der Waals surface area contributed by atoms with Gasteiger partial charge in [0.15, 0.2) is 11.8 Å². The van der Waals surface area contributed by atoms with Crippen LogP contribution in [0.2, 0.25) is 0 Å². The number of nitrogens with zero attached hydrogens (tertiary/aromatic N) is 2. The Bertz CT molecular complexity index is 771. The minimum Gasteiger partial charge on any atom is -0.369 e. The van der Waals surface area contributed by atoms with Crippen molar-refractivity contribution in [2.45, 2.75) is 12.1 Å². The smallest absolute Gasteiger partial charge is 0.196 e.